The first kappa shape index (κ1) is 16.5. The number of anilines is 1. The second-order valence-electron chi connectivity index (χ2n) is 4.99. The van der Waals surface area contributed by atoms with Gasteiger partial charge >= 0.3 is 0 Å². The van der Waals surface area contributed by atoms with E-state index in [-0.39, 0.29) is 10.6 Å². The molecule has 0 saturated heterocycles. The smallest absolute Gasteiger partial charge is 0.245 e. The summed E-state index contributed by atoms with van der Waals surface area (Å²) in [5.41, 5.74) is 9.03. The molecule has 4 nitrogen and oxygen atoms in total. The Morgan fingerprint density at radius 1 is 1.24 bits per heavy atom. The van der Waals surface area contributed by atoms with Gasteiger partial charge < -0.3 is 5.73 Å². The second kappa shape index (κ2) is 6.08. The first-order valence-corrected chi connectivity index (χ1v) is 9.39. The van der Waals surface area contributed by atoms with E-state index >= 15 is 0 Å². The summed E-state index contributed by atoms with van der Waals surface area (Å²) >= 11 is 4.91. The molecule has 0 fully saturated rings. The SMILES string of the molecule is Cc1cc(N)c(S(=O)(=O)N(C)Cc2csc(Br)c2)cc1C. The van der Waals surface area contributed by atoms with E-state index in [9.17, 15) is 8.42 Å². The van der Waals surface area contributed by atoms with Crippen molar-refractivity contribution in [2.45, 2.75) is 25.3 Å². The molecule has 114 valence electrons. The molecule has 0 saturated carbocycles. The van der Waals surface area contributed by atoms with E-state index in [0.717, 1.165) is 20.5 Å². The monoisotopic (exact) mass is 388 g/mol. The van der Waals surface area contributed by atoms with E-state index in [2.05, 4.69) is 15.9 Å². The molecule has 1 aromatic heterocycles. The Balaban J connectivity index is 2.35. The van der Waals surface area contributed by atoms with Crippen molar-refractivity contribution in [3.63, 3.8) is 0 Å². The average molecular weight is 389 g/mol. The van der Waals surface area contributed by atoms with Crippen LogP contribution in [0.15, 0.2) is 32.3 Å². The molecule has 0 spiro atoms. The molecule has 7 heteroatoms. The van der Waals surface area contributed by atoms with Gasteiger partial charge in [-0.1, -0.05) is 0 Å². The minimum absolute atomic E-state index is 0.169. The average Bonchev–Trinajstić information content (AvgIpc) is 2.79. The van der Waals surface area contributed by atoms with E-state index < -0.39 is 10.0 Å². The number of hydrogen-bond donors (Lipinski definition) is 1. The molecule has 0 bridgehead atoms. The molecule has 0 aliphatic carbocycles. The summed E-state index contributed by atoms with van der Waals surface area (Å²) in [6, 6.07) is 5.26. The Hall–Kier alpha value is -0.890. The van der Waals surface area contributed by atoms with Gasteiger partial charge in [0.25, 0.3) is 0 Å². The standard InChI is InChI=1S/C14H17BrN2O2S2/c1-9-4-12(16)13(5-10(9)2)21(18,19)17(3)7-11-6-14(15)20-8-11/h4-6,8H,7,16H2,1-3H3. The minimum atomic E-state index is -3.60. The predicted molar refractivity (Wildman–Crippen MR) is 91.0 cm³/mol. The zero-order valence-electron chi connectivity index (χ0n) is 12.1. The number of rotatable bonds is 4. The summed E-state index contributed by atoms with van der Waals surface area (Å²) in [5, 5.41) is 1.93. The highest BCUT2D eigenvalue weighted by Crippen LogP contribution is 2.27. The predicted octanol–water partition coefficient (Wildman–Crippen LogP) is 3.53. The maximum absolute atomic E-state index is 12.7. The maximum atomic E-state index is 12.7. The molecule has 0 radical (unpaired) electrons. The summed E-state index contributed by atoms with van der Waals surface area (Å²) in [6.07, 6.45) is 0. The van der Waals surface area contributed by atoms with Crippen LogP contribution in [0, 0.1) is 13.8 Å². The Morgan fingerprint density at radius 3 is 2.43 bits per heavy atom. The van der Waals surface area contributed by atoms with Crippen LogP contribution < -0.4 is 5.73 Å². The van der Waals surface area contributed by atoms with Crippen molar-refractivity contribution in [2.24, 2.45) is 0 Å². The van der Waals surface area contributed by atoms with Gasteiger partial charge in [-0.3, -0.25) is 0 Å². The van der Waals surface area contributed by atoms with Crippen LogP contribution in [0.4, 0.5) is 5.69 Å². The van der Waals surface area contributed by atoms with Crippen molar-refractivity contribution in [1.82, 2.24) is 4.31 Å². The third-order valence-electron chi connectivity index (χ3n) is 3.34. The topological polar surface area (TPSA) is 63.4 Å². The van der Waals surface area contributed by atoms with Gasteiger partial charge in [-0.25, -0.2) is 8.42 Å². The van der Waals surface area contributed by atoms with E-state index in [1.807, 2.05) is 25.3 Å². The fourth-order valence-corrected chi connectivity index (χ4v) is 4.51. The number of halogens is 1. The normalized spacial score (nSPS) is 12.0. The molecular formula is C14H17BrN2O2S2. The zero-order chi connectivity index (χ0) is 15.8. The quantitative estimate of drug-likeness (QED) is 0.814. The lowest BCUT2D eigenvalue weighted by Gasteiger charge is -2.18. The summed E-state index contributed by atoms with van der Waals surface area (Å²) < 4.78 is 27.6. The third kappa shape index (κ3) is 3.48. The van der Waals surface area contributed by atoms with Gasteiger partial charge in [-0.15, -0.1) is 11.3 Å². The zero-order valence-corrected chi connectivity index (χ0v) is 15.3. The molecule has 1 heterocycles. The van der Waals surface area contributed by atoms with E-state index in [1.165, 1.54) is 15.6 Å². The number of nitrogens with two attached hydrogens (primary N) is 1. The van der Waals surface area contributed by atoms with Crippen molar-refractivity contribution in [3.8, 4) is 0 Å². The number of nitrogen functional groups attached to an aromatic ring is 1. The van der Waals surface area contributed by atoms with Crippen molar-refractivity contribution >= 4 is 43.0 Å². The van der Waals surface area contributed by atoms with Crippen LogP contribution in [0.3, 0.4) is 0 Å². The molecule has 0 atom stereocenters. The van der Waals surface area contributed by atoms with Crippen LogP contribution in [0.25, 0.3) is 0 Å². The largest absolute Gasteiger partial charge is 0.398 e. The number of aryl methyl sites for hydroxylation is 2. The van der Waals surface area contributed by atoms with Crippen LogP contribution in [0.1, 0.15) is 16.7 Å². The minimum Gasteiger partial charge on any atom is -0.398 e. The molecule has 0 aliphatic rings. The number of benzene rings is 1. The van der Waals surface area contributed by atoms with Crippen molar-refractivity contribution in [2.75, 3.05) is 12.8 Å². The van der Waals surface area contributed by atoms with Crippen LogP contribution in [-0.2, 0) is 16.6 Å². The number of nitrogens with zero attached hydrogens (tertiary/aromatic N) is 1. The number of thiophene rings is 1. The summed E-state index contributed by atoms with van der Waals surface area (Å²) in [7, 11) is -2.04. The van der Waals surface area contributed by atoms with E-state index in [4.69, 9.17) is 5.73 Å². The Kier molecular flexibility index (Phi) is 4.77. The molecule has 2 N–H and O–H groups in total. The summed E-state index contributed by atoms with van der Waals surface area (Å²) in [4.78, 5) is 0.169. The molecule has 2 aromatic rings. The van der Waals surface area contributed by atoms with Crippen LogP contribution in [0.2, 0.25) is 0 Å². The highest BCUT2D eigenvalue weighted by atomic mass is 79.9. The van der Waals surface area contributed by atoms with Gasteiger partial charge in [0.1, 0.15) is 4.90 Å². The highest BCUT2D eigenvalue weighted by molar-refractivity contribution is 9.11. The molecule has 0 amide bonds. The fourth-order valence-electron chi connectivity index (χ4n) is 1.97. The Bertz CT molecular complexity index is 769. The van der Waals surface area contributed by atoms with Crippen LogP contribution in [0.5, 0.6) is 0 Å². The molecule has 1 aromatic carbocycles. The maximum Gasteiger partial charge on any atom is 0.245 e. The lowest BCUT2D eigenvalue weighted by atomic mass is 10.1. The second-order valence-corrected chi connectivity index (χ2v) is 9.30. The molecular weight excluding hydrogens is 372 g/mol. The van der Waals surface area contributed by atoms with Crippen LogP contribution in [-0.4, -0.2) is 19.8 Å². The third-order valence-corrected chi connectivity index (χ3v) is 6.75. The van der Waals surface area contributed by atoms with Gasteiger partial charge in [0.2, 0.25) is 10.0 Å². The van der Waals surface area contributed by atoms with Gasteiger partial charge in [0, 0.05) is 13.6 Å². The van der Waals surface area contributed by atoms with Gasteiger partial charge in [-0.2, -0.15) is 4.31 Å². The Morgan fingerprint density at radius 2 is 1.86 bits per heavy atom. The van der Waals surface area contributed by atoms with Gasteiger partial charge in [-0.05, 0) is 70.0 Å². The lowest BCUT2D eigenvalue weighted by Crippen LogP contribution is -2.27. The molecule has 0 unspecified atom stereocenters. The molecule has 0 aliphatic heterocycles. The first-order valence-electron chi connectivity index (χ1n) is 6.28. The summed E-state index contributed by atoms with van der Waals surface area (Å²) in [6.45, 7) is 4.11. The van der Waals surface area contributed by atoms with Gasteiger partial charge in [0.15, 0.2) is 0 Å². The number of hydrogen-bond acceptors (Lipinski definition) is 4. The van der Waals surface area contributed by atoms with Crippen molar-refractivity contribution in [3.05, 3.63) is 44.1 Å². The van der Waals surface area contributed by atoms with E-state index in [0.29, 0.717) is 6.54 Å². The van der Waals surface area contributed by atoms with Crippen molar-refractivity contribution in [1.29, 1.82) is 0 Å². The van der Waals surface area contributed by atoms with Gasteiger partial charge in [0.05, 0.1) is 9.47 Å². The molecule has 2 rings (SSSR count). The number of sulfonamides is 1. The fraction of sp³-hybridized carbons (Fsp3) is 0.286. The molecule has 21 heavy (non-hydrogen) atoms. The van der Waals surface area contributed by atoms with Crippen molar-refractivity contribution < 1.29 is 8.42 Å². The van der Waals surface area contributed by atoms with E-state index in [1.54, 1.807) is 19.2 Å². The summed E-state index contributed by atoms with van der Waals surface area (Å²) in [5.74, 6) is 0. The Labute approximate surface area is 137 Å². The van der Waals surface area contributed by atoms with Crippen LogP contribution >= 0.6 is 27.3 Å². The first-order chi connectivity index (χ1) is 9.71. The lowest BCUT2D eigenvalue weighted by molar-refractivity contribution is 0.467. The highest BCUT2D eigenvalue weighted by Gasteiger charge is 2.24.